The van der Waals surface area contributed by atoms with Gasteiger partial charge in [0, 0.05) is 17.8 Å². The van der Waals surface area contributed by atoms with Crippen molar-refractivity contribution in [1.29, 1.82) is 0 Å². The van der Waals surface area contributed by atoms with Crippen molar-refractivity contribution in [1.82, 2.24) is 5.32 Å². The Morgan fingerprint density at radius 1 is 0.960 bits per heavy atom. The molecule has 6 heteroatoms. The van der Waals surface area contributed by atoms with Crippen molar-refractivity contribution in [2.24, 2.45) is 0 Å². The van der Waals surface area contributed by atoms with Gasteiger partial charge in [-0.05, 0) is 34.5 Å². The van der Waals surface area contributed by atoms with Crippen LogP contribution in [-0.2, 0) is 16.6 Å². The molecule has 3 aromatic carbocycles. The Morgan fingerprint density at radius 3 is 2.48 bits per heavy atom. The van der Waals surface area contributed by atoms with Gasteiger partial charge in [0.25, 0.3) is 5.91 Å². The van der Waals surface area contributed by atoms with E-state index in [1.165, 1.54) is 6.07 Å². The van der Waals surface area contributed by atoms with Gasteiger partial charge in [-0.2, -0.15) is 0 Å². The number of sulfonamides is 1. The van der Waals surface area contributed by atoms with Gasteiger partial charge >= 0.3 is 0 Å². The van der Waals surface area contributed by atoms with Gasteiger partial charge in [-0.1, -0.05) is 48.5 Å². The Bertz CT molecular complexity index is 1020. The molecular weight excluding hydrogens is 336 g/mol. The summed E-state index contributed by atoms with van der Waals surface area (Å²) in [6.45, 7) is 0.393. The van der Waals surface area contributed by atoms with Crippen LogP contribution >= 0.6 is 0 Å². The fraction of sp³-hybridized carbons (Fsp3) is 0.105. The van der Waals surface area contributed by atoms with Gasteiger partial charge in [-0.15, -0.1) is 0 Å². The minimum Gasteiger partial charge on any atom is -0.348 e. The maximum atomic E-state index is 12.4. The summed E-state index contributed by atoms with van der Waals surface area (Å²) in [7, 11) is -3.38. The molecule has 0 heterocycles. The SMILES string of the molecule is CS(=O)(=O)Nc1cccc(C(=O)NCc2cccc3ccccc23)c1. The summed E-state index contributed by atoms with van der Waals surface area (Å²) in [6.07, 6.45) is 1.07. The molecule has 5 nitrogen and oxygen atoms in total. The Kier molecular flexibility index (Phi) is 4.72. The third-order valence-corrected chi connectivity index (χ3v) is 4.35. The Labute approximate surface area is 146 Å². The van der Waals surface area contributed by atoms with E-state index in [4.69, 9.17) is 0 Å². The topological polar surface area (TPSA) is 75.3 Å². The molecule has 1 amide bonds. The van der Waals surface area contributed by atoms with Crippen LogP contribution in [0.1, 0.15) is 15.9 Å². The van der Waals surface area contributed by atoms with Gasteiger partial charge in [0.05, 0.1) is 6.26 Å². The van der Waals surface area contributed by atoms with Gasteiger partial charge < -0.3 is 5.32 Å². The standard InChI is InChI=1S/C19H18N2O3S/c1-25(23,24)21-17-10-5-8-15(12-17)19(22)20-13-16-9-4-7-14-6-2-3-11-18(14)16/h2-12,21H,13H2,1H3,(H,20,22). The van der Waals surface area contributed by atoms with Gasteiger partial charge in [0.1, 0.15) is 0 Å². The molecular formula is C19H18N2O3S. The first-order valence-corrected chi connectivity index (χ1v) is 9.64. The number of carbonyl (C=O) groups excluding carboxylic acids is 1. The molecule has 3 rings (SSSR count). The van der Waals surface area contributed by atoms with Crippen LogP contribution in [0.4, 0.5) is 5.69 Å². The molecule has 128 valence electrons. The monoisotopic (exact) mass is 354 g/mol. The fourth-order valence-electron chi connectivity index (χ4n) is 2.66. The van der Waals surface area contributed by atoms with Crippen molar-refractivity contribution in [2.45, 2.75) is 6.54 Å². The lowest BCUT2D eigenvalue weighted by atomic mass is 10.0. The first-order valence-electron chi connectivity index (χ1n) is 7.75. The van der Waals surface area contributed by atoms with Gasteiger partial charge in [0.15, 0.2) is 0 Å². The lowest BCUT2D eigenvalue weighted by Gasteiger charge is -2.10. The fourth-order valence-corrected chi connectivity index (χ4v) is 3.22. The molecule has 0 saturated carbocycles. The number of nitrogens with one attached hydrogen (secondary N) is 2. The van der Waals surface area contributed by atoms with Crippen LogP contribution in [0.3, 0.4) is 0 Å². The normalized spacial score (nSPS) is 11.2. The zero-order valence-electron chi connectivity index (χ0n) is 13.7. The third-order valence-electron chi connectivity index (χ3n) is 3.75. The number of anilines is 1. The number of rotatable bonds is 5. The molecule has 0 spiro atoms. The van der Waals surface area contributed by atoms with Gasteiger partial charge in [-0.25, -0.2) is 8.42 Å². The lowest BCUT2D eigenvalue weighted by molar-refractivity contribution is 0.0951. The van der Waals surface area contributed by atoms with Gasteiger partial charge in [-0.3, -0.25) is 9.52 Å². The van der Waals surface area contributed by atoms with Crippen LogP contribution in [0, 0.1) is 0 Å². The summed E-state index contributed by atoms with van der Waals surface area (Å²) >= 11 is 0. The number of hydrogen-bond acceptors (Lipinski definition) is 3. The Balaban J connectivity index is 1.75. The minimum atomic E-state index is -3.38. The van der Waals surface area contributed by atoms with Crippen molar-refractivity contribution in [3.8, 4) is 0 Å². The molecule has 0 unspecified atom stereocenters. The molecule has 0 aliphatic rings. The molecule has 0 fully saturated rings. The largest absolute Gasteiger partial charge is 0.348 e. The number of benzene rings is 3. The quantitative estimate of drug-likeness (QED) is 0.739. The smallest absolute Gasteiger partial charge is 0.251 e. The Hall–Kier alpha value is -2.86. The summed E-state index contributed by atoms with van der Waals surface area (Å²) in [5.41, 5.74) is 1.78. The van der Waals surface area contributed by atoms with E-state index in [-0.39, 0.29) is 5.91 Å². The molecule has 25 heavy (non-hydrogen) atoms. The highest BCUT2D eigenvalue weighted by Gasteiger charge is 2.09. The number of fused-ring (bicyclic) bond motifs is 1. The van der Waals surface area contributed by atoms with E-state index in [0.717, 1.165) is 22.6 Å². The highest BCUT2D eigenvalue weighted by atomic mass is 32.2. The summed E-state index contributed by atoms with van der Waals surface area (Å²) in [4.78, 5) is 12.4. The van der Waals surface area contributed by atoms with Crippen LogP contribution in [0.15, 0.2) is 66.7 Å². The summed E-state index contributed by atoms with van der Waals surface area (Å²) in [5.74, 6) is -0.259. The molecule has 0 radical (unpaired) electrons. The second-order valence-corrected chi connectivity index (χ2v) is 7.52. The first kappa shape index (κ1) is 17.0. The molecule has 3 aromatic rings. The zero-order chi connectivity index (χ0) is 17.9. The van der Waals surface area contributed by atoms with Crippen molar-refractivity contribution in [2.75, 3.05) is 11.0 Å². The highest BCUT2D eigenvalue weighted by Crippen LogP contribution is 2.18. The predicted molar refractivity (Wildman–Crippen MR) is 100 cm³/mol. The summed E-state index contributed by atoms with van der Waals surface area (Å²) < 4.78 is 25.0. The average Bonchev–Trinajstić information content (AvgIpc) is 2.58. The van der Waals surface area contributed by atoms with Crippen LogP contribution in [0.25, 0.3) is 10.8 Å². The second kappa shape index (κ2) is 6.94. The molecule has 0 aliphatic heterocycles. The molecule has 0 saturated heterocycles. The molecule has 0 aliphatic carbocycles. The van der Waals surface area contributed by atoms with Crippen LogP contribution in [0.5, 0.6) is 0 Å². The van der Waals surface area contributed by atoms with Crippen molar-refractivity contribution >= 4 is 32.4 Å². The number of amides is 1. The average molecular weight is 354 g/mol. The van der Waals surface area contributed by atoms with E-state index >= 15 is 0 Å². The van der Waals surface area contributed by atoms with E-state index in [9.17, 15) is 13.2 Å². The summed E-state index contributed by atoms with van der Waals surface area (Å²) in [6, 6.07) is 20.4. The van der Waals surface area contributed by atoms with Crippen LogP contribution < -0.4 is 10.0 Å². The Morgan fingerprint density at radius 2 is 1.68 bits per heavy atom. The molecule has 0 atom stereocenters. The lowest BCUT2D eigenvalue weighted by Crippen LogP contribution is -2.23. The van der Waals surface area contributed by atoms with Crippen molar-refractivity contribution < 1.29 is 13.2 Å². The molecule has 0 bridgehead atoms. The van der Waals surface area contributed by atoms with Gasteiger partial charge in [0.2, 0.25) is 10.0 Å². The van der Waals surface area contributed by atoms with E-state index in [1.807, 2.05) is 42.5 Å². The van der Waals surface area contributed by atoms with Crippen molar-refractivity contribution in [3.05, 3.63) is 77.9 Å². The van der Waals surface area contributed by atoms with E-state index in [2.05, 4.69) is 10.0 Å². The maximum absolute atomic E-state index is 12.4. The number of carbonyl (C=O) groups is 1. The van der Waals surface area contributed by atoms with Crippen molar-refractivity contribution in [3.63, 3.8) is 0 Å². The predicted octanol–water partition coefficient (Wildman–Crippen LogP) is 3.14. The van der Waals surface area contributed by atoms with E-state index in [1.54, 1.807) is 18.2 Å². The van der Waals surface area contributed by atoms with Crippen LogP contribution in [0.2, 0.25) is 0 Å². The first-order chi connectivity index (χ1) is 11.9. The minimum absolute atomic E-state index is 0.259. The van der Waals surface area contributed by atoms with E-state index in [0.29, 0.717) is 17.8 Å². The van der Waals surface area contributed by atoms with Crippen LogP contribution in [-0.4, -0.2) is 20.6 Å². The molecule has 0 aromatic heterocycles. The second-order valence-electron chi connectivity index (χ2n) is 5.78. The third kappa shape index (κ3) is 4.36. The highest BCUT2D eigenvalue weighted by molar-refractivity contribution is 7.92. The maximum Gasteiger partial charge on any atom is 0.251 e. The van der Waals surface area contributed by atoms with E-state index < -0.39 is 10.0 Å². The summed E-state index contributed by atoms with van der Waals surface area (Å²) in [5, 5.41) is 5.10. The molecule has 2 N–H and O–H groups in total. The zero-order valence-corrected chi connectivity index (χ0v) is 14.5. The number of hydrogen-bond donors (Lipinski definition) is 2.